The SMILES string of the molecule is CC(C)CN1C(=S)N[C@@H](c2ccccn2)[C@H]1c1cccn1-c1cccc(F)c1. The summed E-state index contributed by atoms with van der Waals surface area (Å²) in [5.74, 6) is 0.194. The molecule has 1 aromatic carbocycles. The van der Waals surface area contributed by atoms with E-state index in [4.69, 9.17) is 12.2 Å². The van der Waals surface area contributed by atoms with Crippen molar-refractivity contribution in [1.29, 1.82) is 0 Å². The molecule has 1 saturated heterocycles. The first-order valence-electron chi connectivity index (χ1n) is 9.46. The molecule has 3 heterocycles. The first-order chi connectivity index (χ1) is 13.5. The minimum Gasteiger partial charge on any atom is -0.352 e. The summed E-state index contributed by atoms with van der Waals surface area (Å²) in [7, 11) is 0. The normalized spacial score (nSPS) is 19.3. The van der Waals surface area contributed by atoms with Crippen LogP contribution in [-0.2, 0) is 0 Å². The Morgan fingerprint density at radius 1 is 1.14 bits per heavy atom. The van der Waals surface area contributed by atoms with Gasteiger partial charge in [0, 0.05) is 30.3 Å². The molecule has 0 aliphatic carbocycles. The maximum atomic E-state index is 13.9. The molecule has 6 heteroatoms. The molecule has 0 unspecified atom stereocenters. The third-order valence-corrected chi connectivity index (χ3v) is 5.28. The van der Waals surface area contributed by atoms with E-state index in [0.717, 1.165) is 28.7 Å². The Morgan fingerprint density at radius 3 is 2.71 bits per heavy atom. The van der Waals surface area contributed by atoms with Gasteiger partial charge in [0.25, 0.3) is 0 Å². The van der Waals surface area contributed by atoms with Crippen molar-refractivity contribution in [3.63, 3.8) is 0 Å². The number of thiocarbonyl (C=S) groups is 1. The van der Waals surface area contributed by atoms with Crippen molar-refractivity contribution >= 4 is 17.3 Å². The highest BCUT2D eigenvalue weighted by Crippen LogP contribution is 2.39. The van der Waals surface area contributed by atoms with Crippen LogP contribution in [0.2, 0.25) is 0 Å². The van der Waals surface area contributed by atoms with E-state index in [1.807, 2.05) is 41.1 Å². The lowest BCUT2D eigenvalue weighted by Gasteiger charge is -2.30. The van der Waals surface area contributed by atoms with Crippen LogP contribution in [0.4, 0.5) is 4.39 Å². The van der Waals surface area contributed by atoms with E-state index in [1.54, 1.807) is 18.3 Å². The molecule has 2 aromatic heterocycles. The number of aromatic nitrogens is 2. The Hall–Kier alpha value is -2.73. The lowest BCUT2D eigenvalue weighted by atomic mass is 10.0. The zero-order valence-electron chi connectivity index (χ0n) is 15.9. The van der Waals surface area contributed by atoms with E-state index in [-0.39, 0.29) is 17.9 Å². The maximum absolute atomic E-state index is 13.9. The Morgan fingerprint density at radius 2 is 2.00 bits per heavy atom. The Labute approximate surface area is 170 Å². The Kier molecular flexibility index (Phi) is 5.13. The number of hydrogen-bond acceptors (Lipinski definition) is 2. The number of halogens is 1. The van der Waals surface area contributed by atoms with Crippen molar-refractivity contribution in [1.82, 2.24) is 19.8 Å². The fourth-order valence-corrected chi connectivity index (χ4v) is 4.13. The summed E-state index contributed by atoms with van der Waals surface area (Å²) < 4.78 is 15.9. The minimum atomic E-state index is -0.252. The van der Waals surface area contributed by atoms with Crippen LogP contribution in [0.1, 0.15) is 37.3 Å². The molecular weight excluding hydrogens is 371 g/mol. The van der Waals surface area contributed by atoms with Gasteiger partial charge in [0.1, 0.15) is 5.82 Å². The van der Waals surface area contributed by atoms with Gasteiger partial charge in [-0.2, -0.15) is 0 Å². The highest BCUT2D eigenvalue weighted by molar-refractivity contribution is 7.80. The molecule has 2 atom stereocenters. The van der Waals surface area contributed by atoms with Gasteiger partial charge in [0.15, 0.2) is 5.11 Å². The molecular formula is C22H23FN4S. The van der Waals surface area contributed by atoms with Crippen LogP contribution in [0, 0.1) is 11.7 Å². The third-order valence-electron chi connectivity index (χ3n) is 4.93. The first-order valence-corrected chi connectivity index (χ1v) is 9.86. The highest BCUT2D eigenvalue weighted by Gasteiger charge is 2.41. The summed E-state index contributed by atoms with van der Waals surface area (Å²) in [5, 5.41) is 4.18. The zero-order valence-corrected chi connectivity index (χ0v) is 16.7. The van der Waals surface area contributed by atoms with Crippen LogP contribution in [0.25, 0.3) is 5.69 Å². The van der Waals surface area contributed by atoms with Gasteiger partial charge in [0.2, 0.25) is 0 Å². The standard InChI is InChI=1S/C22H23FN4S/c1-15(2)14-27-21(20(25-22(27)28)18-9-3-4-11-24-18)19-10-6-12-26(19)17-8-5-7-16(23)13-17/h3-13,15,20-21H,14H2,1-2H3,(H,25,28)/t20-,21+/m0/s1. The van der Waals surface area contributed by atoms with Crippen molar-refractivity contribution in [3.8, 4) is 5.69 Å². The summed E-state index contributed by atoms with van der Waals surface area (Å²) in [5.41, 5.74) is 2.78. The van der Waals surface area contributed by atoms with E-state index in [0.29, 0.717) is 5.92 Å². The summed E-state index contributed by atoms with van der Waals surface area (Å²) in [6.45, 7) is 5.19. The topological polar surface area (TPSA) is 33.1 Å². The fraction of sp³-hybridized carbons (Fsp3) is 0.273. The number of pyridine rings is 1. The number of hydrogen-bond donors (Lipinski definition) is 1. The van der Waals surface area contributed by atoms with Gasteiger partial charge in [0.05, 0.1) is 17.8 Å². The average Bonchev–Trinajstić information content (AvgIpc) is 3.27. The van der Waals surface area contributed by atoms with Gasteiger partial charge < -0.3 is 14.8 Å². The van der Waals surface area contributed by atoms with E-state index in [1.165, 1.54) is 6.07 Å². The molecule has 28 heavy (non-hydrogen) atoms. The Balaban J connectivity index is 1.81. The Bertz CT molecular complexity index is 969. The molecule has 4 nitrogen and oxygen atoms in total. The fourth-order valence-electron chi connectivity index (χ4n) is 3.81. The second kappa shape index (κ2) is 7.72. The van der Waals surface area contributed by atoms with Crippen molar-refractivity contribution in [2.75, 3.05) is 6.54 Å². The van der Waals surface area contributed by atoms with Crippen LogP contribution < -0.4 is 5.32 Å². The quantitative estimate of drug-likeness (QED) is 0.639. The lowest BCUT2D eigenvalue weighted by molar-refractivity contribution is 0.280. The van der Waals surface area contributed by atoms with Gasteiger partial charge in [-0.15, -0.1) is 0 Å². The minimum absolute atomic E-state index is 0.0388. The highest BCUT2D eigenvalue weighted by atomic mass is 32.1. The molecule has 0 bridgehead atoms. The summed E-state index contributed by atoms with van der Waals surface area (Å²) >= 11 is 5.69. The molecule has 4 rings (SSSR count). The predicted molar refractivity (Wildman–Crippen MR) is 113 cm³/mol. The van der Waals surface area contributed by atoms with Gasteiger partial charge in [-0.1, -0.05) is 26.0 Å². The summed E-state index contributed by atoms with van der Waals surface area (Å²) in [6, 6.07) is 16.5. The summed E-state index contributed by atoms with van der Waals surface area (Å²) in [4.78, 5) is 6.79. The van der Waals surface area contributed by atoms with Crippen LogP contribution in [0.5, 0.6) is 0 Å². The maximum Gasteiger partial charge on any atom is 0.170 e. The van der Waals surface area contributed by atoms with Crippen molar-refractivity contribution in [3.05, 3.63) is 84.2 Å². The van der Waals surface area contributed by atoms with Crippen LogP contribution in [0.15, 0.2) is 67.0 Å². The molecule has 1 N–H and O–H groups in total. The van der Waals surface area contributed by atoms with E-state index in [2.05, 4.69) is 35.1 Å². The number of nitrogens with one attached hydrogen (secondary N) is 1. The number of benzene rings is 1. The largest absolute Gasteiger partial charge is 0.352 e. The second-order valence-electron chi connectivity index (χ2n) is 7.46. The molecule has 1 fully saturated rings. The van der Waals surface area contributed by atoms with Gasteiger partial charge in [-0.25, -0.2) is 4.39 Å². The van der Waals surface area contributed by atoms with Crippen molar-refractivity contribution < 1.29 is 4.39 Å². The average molecular weight is 395 g/mol. The van der Waals surface area contributed by atoms with Crippen LogP contribution >= 0.6 is 12.2 Å². The van der Waals surface area contributed by atoms with E-state index < -0.39 is 0 Å². The molecule has 0 radical (unpaired) electrons. The molecule has 0 amide bonds. The predicted octanol–water partition coefficient (Wildman–Crippen LogP) is 4.64. The molecule has 1 aliphatic rings. The summed E-state index contributed by atoms with van der Waals surface area (Å²) in [6.07, 6.45) is 3.77. The lowest BCUT2D eigenvalue weighted by Crippen LogP contribution is -2.33. The van der Waals surface area contributed by atoms with Crippen molar-refractivity contribution in [2.45, 2.75) is 25.9 Å². The molecule has 144 valence electrons. The monoisotopic (exact) mass is 394 g/mol. The van der Waals surface area contributed by atoms with E-state index in [9.17, 15) is 4.39 Å². The smallest absolute Gasteiger partial charge is 0.170 e. The number of rotatable bonds is 5. The van der Waals surface area contributed by atoms with Crippen molar-refractivity contribution in [2.24, 2.45) is 5.92 Å². The third kappa shape index (κ3) is 3.52. The first kappa shape index (κ1) is 18.6. The molecule has 0 saturated carbocycles. The molecule has 1 aliphatic heterocycles. The van der Waals surface area contributed by atoms with E-state index >= 15 is 0 Å². The molecule has 0 spiro atoms. The zero-order chi connectivity index (χ0) is 19.7. The van der Waals surface area contributed by atoms with Gasteiger partial charge in [-0.05, 0) is 60.6 Å². The van der Waals surface area contributed by atoms with Crippen LogP contribution in [0.3, 0.4) is 0 Å². The molecule has 3 aromatic rings. The van der Waals surface area contributed by atoms with Crippen LogP contribution in [-0.4, -0.2) is 26.1 Å². The number of nitrogens with zero attached hydrogens (tertiary/aromatic N) is 3. The van der Waals surface area contributed by atoms with Gasteiger partial charge >= 0.3 is 0 Å². The van der Waals surface area contributed by atoms with Gasteiger partial charge in [-0.3, -0.25) is 4.98 Å². The second-order valence-corrected chi connectivity index (χ2v) is 7.84.